The second-order valence-corrected chi connectivity index (χ2v) is 6.08. The van der Waals surface area contributed by atoms with Crippen LogP contribution >= 0.6 is 0 Å². The predicted octanol–water partition coefficient (Wildman–Crippen LogP) is 3.44. The van der Waals surface area contributed by atoms with Crippen molar-refractivity contribution in [3.05, 3.63) is 72.2 Å². The Morgan fingerprint density at radius 1 is 1.08 bits per heavy atom. The van der Waals surface area contributed by atoms with E-state index in [2.05, 4.69) is 47.4 Å². The Bertz CT molecular complexity index is 749. The van der Waals surface area contributed by atoms with E-state index >= 15 is 0 Å². The second kappa shape index (κ2) is 8.11. The van der Waals surface area contributed by atoms with Crippen molar-refractivity contribution in [1.29, 1.82) is 0 Å². The molecular weight excluding hydrogens is 302 g/mol. The topological polar surface area (TPSA) is 45.8 Å². The monoisotopic (exact) mass is 325 g/mol. The van der Waals surface area contributed by atoms with E-state index in [1.807, 2.05) is 19.2 Å². The molecule has 0 aliphatic heterocycles. The first-order valence-electron chi connectivity index (χ1n) is 8.16. The molecule has 0 aliphatic rings. The molecule has 2 aromatic carbocycles. The summed E-state index contributed by atoms with van der Waals surface area (Å²) in [6.07, 6.45) is 1.09. The summed E-state index contributed by atoms with van der Waals surface area (Å²) in [5.74, 6) is 0.770. The quantitative estimate of drug-likeness (QED) is 0.689. The van der Waals surface area contributed by atoms with Crippen LogP contribution in [0.25, 0.3) is 10.8 Å². The molecule has 0 radical (unpaired) electrons. The van der Waals surface area contributed by atoms with Gasteiger partial charge < -0.3 is 14.3 Å². The van der Waals surface area contributed by atoms with E-state index in [0.29, 0.717) is 19.8 Å². The molecule has 1 unspecified atom stereocenters. The van der Waals surface area contributed by atoms with Crippen LogP contribution < -0.4 is 0 Å². The van der Waals surface area contributed by atoms with E-state index in [0.717, 1.165) is 12.3 Å². The molecule has 126 valence electrons. The highest BCUT2D eigenvalue weighted by Gasteiger charge is 2.11. The molecule has 1 N–H and O–H groups in total. The van der Waals surface area contributed by atoms with Gasteiger partial charge in [-0.2, -0.15) is 0 Å². The van der Waals surface area contributed by atoms with Gasteiger partial charge in [0.1, 0.15) is 12.4 Å². The van der Waals surface area contributed by atoms with Crippen molar-refractivity contribution >= 4 is 10.8 Å². The number of aliphatic hydroxyl groups excluding tert-OH is 1. The number of rotatable bonds is 8. The summed E-state index contributed by atoms with van der Waals surface area (Å²) in [7, 11) is 2.01. The number of nitrogens with zero attached hydrogens (tertiary/aromatic N) is 1. The summed E-state index contributed by atoms with van der Waals surface area (Å²) in [5.41, 5.74) is 1.26. The van der Waals surface area contributed by atoms with Gasteiger partial charge in [-0.3, -0.25) is 4.90 Å². The zero-order chi connectivity index (χ0) is 16.8. The van der Waals surface area contributed by atoms with Gasteiger partial charge in [-0.1, -0.05) is 42.5 Å². The number of benzene rings is 2. The molecule has 1 atom stereocenters. The van der Waals surface area contributed by atoms with Crippen molar-refractivity contribution < 1.29 is 14.3 Å². The molecule has 0 spiro atoms. The largest absolute Gasteiger partial charge is 0.467 e. The fraction of sp³-hybridized carbons (Fsp3) is 0.300. The van der Waals surface area contributed by atoms with Crippen molar-refractivity contribution in [1.82, 2.24) is 4.90 Å². The van der Waals surface area contributed by atoms with Crippen LogP contribution in [0.2, 0.25) is 0 Å². The van der Waals surface area contributed by atoms with E-state index in [4.69, 9.17) is 9.15 Å². The first kappa shape index (κ1) is 16.7. The van der Waals surface area contributed by atoms with Gasteiger partial charge in [0.2, 0.25) is 0 Å². The highest BCUT2D eigenvalue weighted by molar-refractivity contribution is 5.85. The fourth-order valence-corrected chi connectivity index (χ4v) is 2.89. The minimum atomic E-state index is -0.528. The van der Waals surface area contributed by atoms with Crippen molar-refractivity contribution in [3.63, 3.8) is 0 Å². The van der Waals surface area contributed by atoms with Crippen molar-refractivity contribution in [3.8, 4) is 0 Å². The number of aliphatic hydroxyl groups is 1. The molecule has 1 heterocycles. The SMILES string of the molecule is CN(Cc1cccc2ccccc12)CC(O)COCc1ccco1. The lowest BCUT2D eigenvalue weighted by Crippen LogP contribution is -2.31. The highest BCUT2D eigenvalue weighted by Crippen LogP contribution is 2.19. The molecule has 0 aliphatic carbocycles. The number of furan rings is 1. The number of fused-ring (bicyclic) bond motifs is 1. The lowest BCUT2D eigenvalue weighted by molar-refractivity contribution is 0.00773. The average Bonchev–Trinajstić information content (AvgIpc) is 3.08. The van der Waals surface area contributed by atoms with E-state index in [-0.39, 0.29) is 0 Å². The van der Waals surface area contributed by atoms with Crippen molar-refractivity contribution in [2.75, 3.05) is 20.2 Å². The minimum Gasteiger partial charge on any atom is -0.467 e. The van der Waals surface area contributed by atoms with Crippen molar-refractivity contribution in [2.45, 2.75) is 19.3 Å². The maximum atomic E-state index is 10.1. The molecule has 0 fully saturated rings. The van der Waals surface area contributed by atoms with Gasteiger partial charge in [-0.25, -0.2) is 0 Å². The van der Waals surface area contributed by atoms with Gasteiger partial charge >= 0.3 is 0 Å². The number of likely N-dealkylation sites (N-methyl/N-ethyl adjacent to an activating group) is 1. The maximum absolute atomic E-state index is 10.1. The van der Waals surface area contributed by atoms with Crippen LogP contribution in [0.5, 0.6) is 0 Å². The second-order valence-electron chi connectivity index (χ2n) is 6.08. The van der Waals surface area contributed by atoms with Crippen molar-refractivity contribution in [2.24, 2.45) is 0 Å². The molecule has 24 heavy (non-hydrogen) atoms. The van der Waals surface area contributed by atoms with E-state index in [9.17, 15) is 5.11 Å². The zero-order valence-electron chi connectivity index (χ0n) is 13.9. The third-order valence-electron chi connectivity index (χ3n) is 3.98. The van der Waals surface area contributed by atoms with Gasteiger partial charge in [0.25, 0.3) is 0 Å². The molecule has 0 saturated heterocycles. The summed E-state index contributed by atoms with van der Waals surface area (Å²) in [6.45, 7) is 2.02. The van der Waals surface area contributed by atoms with Gasteiger partial charge in [-0.15, -0.1) is 0 Å². The Balaban J connectivity index is 1.50. The van der Waals surface area contributed by atoms with Crippen LogP contribution in [0.3, 0.4) is 0 Å². The summed E-state index contributed by atoms with van der Waals surface area (Å²) in [6, 6.07) is 18.4. The summed E-state index contributed by atoms with van der Waals surface area (Å²) in [5, 5.41) is 12.6. The summed E-state index contributed by atoms with van der Waals surface area (Å²) in [4.78, 5) is 2.11. The van der Waals surface area contributed by atoms with Gasteiger partial charge in [0.05, 0.1) is 19.0 Å². The molecule has 4 heteroatoms. The lowest BCUT2D eigenvalue weighted by atomic mass is 10.0. The van der Waals surface area contributed by atoms with Crippen LogP contribution in [0.15, 0.2) is 65.3 Å². The standard InChI is InChI=1S/C20H23NO3/c1-21(13-18(22)14-23-15-19-9-5-11-24-19)12-17-8-4-7-16-6-2-3-10-20(16)17/h2-11,18,22H,12-15H2,1H3. The molecule has 4 nitrogen and oxygen atoms in total. The Hall–Kier alpha value is -2.14. The Labute approximate surface area is 142 Å². The molecule has 1 aromatic heterocycles. The van der Waals surface area contributed by atoms with Gasteiger partial charge in [0.15, 0.2) is 0 Å². The van der Waals surface area contributed by atoms with E-state index < -0.39 is 6.10 Å². The van der Waals surface area contributed by atoms with Gasteiger partial charge in [0, 0.05) is 13.1 Å². The van der Waals surface area contributed by atoms with Crippen LogP contribution in [-0.4, -0.2) is 36.3 Å². The average molecular weight is 325 g/mol. The van der Waals surface area contributed by atoms with Crippen LogP contribution in [0.1, 0.15) is 11.3 Å². The Kier molecular flexibility index (Phi) is 5.64. The van der Waals surface area contributed by atoms with Gasteiger partial charge in [-0.05, 0) is 35.5 Å². The van der Waals surface area contributed by atoms with Crippen LogP contribution in [0.4, 0.5) is 0 Å². The predicted molar refractivity (Wildman–Crippen MR) is 94.7 cm³/mol. The summed E-state index contributed by atoms with van der Waals surface area (Å²) < 4.78 is 10.7. The Morgan fingerprint density at radius 3 is 2.75 bits per heavy atom. The smallest absolute Gasteiger partial charge is 0.129 e. The third kappa shape index (κ3) is 4.45. The van der Waals surface area contributed by atoms with Crippen LogP contribution in [-0.2, 0) is 17.9 Å². The highest BCUT2D eigenvalue weighted by atomic mass is 16.5. The fourth-order valence-electron chi connectivity index (χ4n) is 2.89. The molecule has 0 saturated carbocycles. The molecule has 0 amide bonds. The van der Waals surface area contributed by atoms with E-state index in [1.54, 1.807) is 6.26 Å². The first-order chi connectivity index (χ1) is 11.7. The Morgan fingerprint density at radius 2 is 1.92 bits per heavy atom. The molecule has 0 bridgehead atoms. The number of hydrogen-bond acceptors (Lipinski definition) is 4. The first-order valence-corrected chi connectivity index (χ1v) is 8.16. The summed E-state index contributed by atoms with van der Waals surface area (Å²) >= 11 is 0. The maximum Gasteiger partial charge on any atom is 0.129 e. The number of ether oxygens (including phenoxy) is 1. The minimum absolute atomic E-state index is 0.292. The third-order valence-corrected chi connectivity index (χ3v) is 3.98. The normalized spacial score (nSPS) is 12.8. The lowest BCUT2D eigenvalue weighted by Gasteiger charge is -2.21. The van der Waals surface area contributed by atoms with Crippen LogP contribution in [0, 0.1) is 0 Å². The molecule has 3 aromatic rings. The molecule has 3 rings (SSSR count). The zero-order valence-corrected chi connectivity index (χ0v) is 13.9. The van der Waals surface area contributed by atoms with E-state index in [1.165, 1.54) is 16.3 Å². The molecular formula is C20H23NO3. The number of hydrogen-bond donors (Lipinski definition) is 1.